The van der Waals surface area contributed by atoms with Gasteiger partial charge < -0.3 is 9.88 Å². The molecule has 0 fully saturated rings. The summed E-state index contributed by atoms with van der Waals surface area (Å²) >= 11 is 5.69. The second-order valence-corrected chi connectivity index (χ2v) is 5.41. The topological polar surface area (TPSA) is 51.1 Å². The first-order chi connectivity index (χ1) is 11.0. The second kappa shape index (κ2) is 6.22. The van der Waals surface area contributed by atoms with Crippen molar-refractivity contribution >= 4 is 34.1 Å². The molecule has 0 aliphatic rings. The van der Waals surface area contributed by atoms with Crippen molar-refractivity contribution in [2.75, 3.05) is 5.32 Å². The summed E-state index contributed by atoms with van der Waals surface area (Å²) in [6.45, 7) is 0.0236. The predicted octanol–water partition coefficient (Wildman–Crippen LogP) is 3.43. The molecule has 0 aliphatic carbocycles. The summed E-state index contributed by atoms with van der Waals surface area (Å²) < 4.78 is 14.8. The quantitative estimate of drug-likeness (QED) is 0.800. The molecule has 0 bridgehead atoms. The van der Waals surface area contributed by atoms with Gasteiger partial charge in [-0.3, -0.25) is 9.59 Å². The molecule has 0 unspecified atom stereocenters. The van der Waals surface area contributed by atoms with Crippen molar-refractivity contribution in [2.45, 2.75) is 6.54 Å². The maximum absolute atomic E-state index is 13.1. The van der Waals surface area contributed by atoms with Crippen LogP contribution in [0.5, 0.6) is 0 Å². The Bertz CT molecular complexity index is 953. The van der Waals surface area contributed by atoms with Gasteiger partial charge in [0.25, 0.3) is 0 Å². The van der Waals surface area contributed by atoms with E-state index in [0.29, 0.717) is 16.6 Å². The number of amides is 1. The van der Waals surface area contributed by atoms with Gasteiger partial charge >= 0.3 is 0 Å². The van der Waals surface area contributed by atoms with E-state index in [1.165, 1.54) is 24.3 Å². The molecule has 3 rings (SSSR count). The number of nitrogens with zero attached hydrogens (tertiary/aromatic N) is 1. The molecule has 3 aromatic rings. The fourth-order valence-corrected chi connectivity index (χ4v) is 2.51. The number of hydrogen-bond acceptors (Lipinski definition) is 2. The van der Waals surface area contributed by atoms with Crippen LogP contribution in [0, 0.1) is 5.82 Å². The number of carbonyl (C=O) groups is 1. The van der Waals surface area contributed by atoms with Gasteiger partial charge in [-0.05, 0) is 30.3 Å². The summed E-state index contributed by atoms with van der Waals surface area (Å²) in [6, 6.07) is 12.5. The van der Waals surface area contributed by atoms with Gasteiger partial charge in [0, 0.05) is 23.3 Å². The highest BCUT2D eigenvalue weighted by Crippen LogP contribution is 2.19. The summed E-state index contributed by atoms with van der Waals surface area (Å²) in [5.74, 6) is -0.849. The summed E-state index contributed by atoms with van der Waals surface area (Å²) in [5, 5.41) is 3.14. The highest BCUT2D eigenvalue weighted by molar-refractivity contribution is 6.31. The van der Waals surface area contributed by atoms with Gasteiger partial charge in [0.2, 0.25) is 5.91 Å². The summed E-state index contributed by atoms with van der Waals surface area (Å²) in [5.41, 5.74) is 0.988. The largest absolute Gasteiger partial charge is 0.338 e. The Labute approximate surface area is 136 Å². The zero-order valence-corrected chi connectivity index (χ0v) is 12.7. The van der Waals surface area contributed by atoms with E-state index in [4.69, 9.17) is 11.6 Å². The highest BCUT2D eigenvalue weighted by atomic mass is 35.5. The second-order valence-electron chi connectivity index (χ2n) is 5.00. The van der Waals surface area contributed by atoms with Crippen molar-refractivity contribution in [2.24, 2.45) is 0 Å². The normalized spacial score (nSPS) is 10.7. The molecule has 0 atom stereocenters. The summed E-state index contributed by atoms with van der Waals surface area (Å²) in [4.78, 5) is 24.0. The molecule has 1 amide bonds. The Morgan fingerprint density at radius 1 is 1.17 bits per heavy atom. The van der Waals surface area contributed by atoms with Gasteiger partial charge in [0.15, 0.2) is 5.43 Å². The van der Waals surface area contributed by atoms with Crippen LogP contribution < -0.4 is 10.7 Å². The lowest BCUT2D eigenvalue weighted by Gasteiger charge is -2.11. The van der Waals surface area contributed by atoms with Gasteiger partial charge in [-0.15, -0.1) is 0 Å². The smallest absolute Gasteiger partial charge is 0.244 e. The maximum atomic E-state index is 13.1. The molecule has 2 aromatic carbocycles. The highest BCUT2D eigenvalue weighted by Gasteiger charge is 2.08. The molecule has 4 nitrogen and oxygen atoms in total. The zero-order valence-electron chi connectivity index (χ0n) is 11.9. The molecule has 0 radical (unpaired) electrons. The maximum Gasteiger partial charge on any atom is 0.244 e. The molecular weight excluding hydrogens is 319 g/mol. The van der Waals surface area contributed by atoms with Crippen LogP contribution in [0.3, 0.4) is 0 Å². The number of carbonyl (C=O) groups excluding carboxylic acids is 1. The van der Waals surface area contributed by atoms with Crippen LogP contribution in [0.2, 0.25) is 5.02 Å². The van der Waals surface area contributed by atoms with Crippen molar-refractivity contribution in [1.29, 1.82) is 0 Å². The van der Waals surface area contributed by atoms with Crippen LogP contribution >= 0.6 is 11.6 Å². The average molecular weight is 331 g/mol. The number of hydrogen-bond donors (Lipinski definition) is 1. The SMILES string of the molecule is O=C(Cn1ccc(=O)c2ccccc21)Nc1ccc(F)c(Cl)c1. The van der Waals surface area contributed by atoms with Gasteiger partial charge in [0.1, 0.15) is 12.4 Å². The fourth-order valence-electron chi connectivity index (χ4n) is 2.33. The third kappa shape index (κ3) is 3.24. The third-order valence-electron chi connectivity index (χ3n) is 3.40. The molecule has 0 saturated carbocycles. The van der Waals surface area contributed by atoms with E-state index in [0.717, 1.165) is 0 Å². The first-order valence-corrected chi connectivity index (χ1v) is 7.25. The van der Waals surface area contributed by atoms with Crippen molar-refractivity contribution in [3.63, 3.8) is 0 Å². The van der Waals surface area contributed by atoms with E-state index in [1.807, 2.05) is 0 Å². The van der Waals surface area contributed by atoms with E-state index >= 15 is 0 Å². The molecule has 0 aliphatic heterocycles. The predicted molar refractivity (Wildman–Crippen MR) is 88.2 cm³/mol. The number of aromatic nitrogens is 1. The summed E-state index contributed by atoms with van der Waals surface area (Å²) in [7, 11) is 0. The van der Waals surface area contributed by atoms with E-state index in [2.05, 4.69) is 5.32 Å². The Balaban J connectivity index is 1.84. The Morgan fingerprint density at radius 2 is 1.96 bits per heavy atom. The Kier molecular flexibility index (Phi) is 4.12. The number of halogens is 2. The monoisotopic (exact) mass is 330 g/mol. The van der Waals surface area contributed by atoms with E-state index in [1.54, 1.807) is 35.0 Å². The summed E-state index contributed by atoms with van der Waals surface area (Å²) in [6.07, 6.45) is 1.57. The number of anilines is 1. The van der Waals surface area contributed by atoms with Crippen molar-refractivity contribution < 1.29 is 9.18 Å². The first-order valence-electron chi connectivity index (χ1n) is 6.88. The minimum atomic E-state index is -0.545. The van der Waals surface area contributed by atoms with Crippen molar-refractivity contribution in [3.05, 3.63) is 75.8 Å². The van der Waals surface area contributed by atoms with Crippen molar-refractivity contribution in [3.8, 4) is 0 Å². The first kappa shape index (κ1) is 15.2. The standard InChI is InChI=1S/C17H12ClFN2O2/c18-13-9-11(5-6-14(13)19)20-17(23)10-21-8-7-16(22)12-3-1-2-4-15(12)21/h1-9H,10H2,(H,20,23). The van der Waals surface area contributed by atoms with Gasteiger partial charge in [-0.1, -0.05) is 23.7 Å². The van der Waals surface area contributed by atoms with E-state index in [-0.39, 0.29) is 22.9 Å². The molecule has 1 aromatic heterocycles. The number of rotatable bonds is 3. The van der Waals surface area contributed by atoms with Crippen LogP contribution in [0.25, 0.3) is 10.9 Å². The van der Waals surface area contributed by atoms with Gasteiger partial charge in [-0.25, -0.2) is 4.39 Å². The lowest BCUT2D eigenvalue weighted by Crippen LogP contribution is -2.20. The Hall–Kier alpha value is -2.66. The van der Waals surface area contributed by atoms with Crippen LogP contribution in [0.15, 0.2) is 59.5 Å². The lowest BCUT2D eigenvalue weighted by atomic mass is 10.2. The van der Waals surface area contributed by atoms with E-state index < -0.39 is 5.82 Å². The van der Waals surface area contributed by atoms with Crippen LogP contribution in [0.4, 0.5) is 10.1 Å². The van der Waals surface area contributed by atoms with Crippen LogP contribution in [-0.2, 0) is 11.3 Å². The molecule has 23 heavy (non-hydrogen) atoms. The number of nitrogens with one attached hydrogen (secondary N) is 1. The molecule has 0 spiro atoms. The molecule has 1 N–H and O–H groups in total. The van der Waals surface area contributed by atoms with Gasteiger partial charge in [0.05, 0.1) is 10.5 Å². The average Bonchev–Trinajstić information content (AvgIpc) is 2.54. The molecule has 1 heterocycles. The number of pyridine rings is 1. The number of para-hydroxylation sites is 1. The van der Waals surface area contributed by atoms with Crippen LogP contribution in [-0.4, -0.2) is 10.5 Å². The third-order valence-corrected chi connectivity index (χ3v) is 3.69. The minimum absolute atomic E-state index is 0.0236. The minimum Gasteiger partial charge on any atom is -0.338 e. The van der Waals surface area contributed by atoms with Crippen LogP contribution in [0.1, 0.15) is 0 Å². The lowest BCUT2D eigenvalue weighted by molar-refractivity contribution is -0.116. The number of fused-ring (bicyclic) bond motifs is 1. The fraction of sp³-hybridized carbons (Fsp3) is 0.0588. The molecule has 6 heteroatoms. The van der Waals surface area contributed by atoms with Gasteiger partial charge in [-0.2, -0.15) is 0 Å². The number of benzene rings is 2. The molecule has 0 saturated heterocycles. The Morgan fingerprint density at radius 3 is 2.74 bits per heavy atom. The van der Waals surface area contributed by atoms with E-state index in [9.17, 15) is 14.0 Å². The van der Waals surface area contributed by atoms with Crippen molar-refractivity contribution in [1.82, 2.24) is 4.57 Å². The molecule has 116 valence electrons. The zero-order chi connectivity index (χ0) is 16.4. The molecular formula is C17H12ClFN2O2.